The molecule has 0 spiro atoms. The van der Waals surface area contributed by atoms with Gasteiger partial charge in [0.1, 0.15) is 0 Å². The standard InChI is InChI=1S/C22H23N3O3/c1-3-20-23-22(24-28-20)16-7-9-18-14(11-16)5-6-15(18)12-19(26)17-8-10-21(27)25(4-2)13-17/h7-11,13,15H,3-6,12H2,1-2H3/t15-/m0/s1. The van der Waals surface area contributed by atoms with Crippen LogP contribution < -0.4 is 5.56 Å². The number of pyridine rings is 1. The van der Waals surface area contributed by atoms with E-state index in [-0.39, 0.29) is 17.3 Å². The third-order valence-electron chi connectivity index (χ3n) is 5.45. The first-order valence-corrected chi connectivity index (χ1v) is 9.78. The molecule has 28 heavy (non-hydrogen) atoms. The van der Waals surface area contributed by atoms with Crippen molar-refractivity contribution in [2.24, 2.45) is 0 Å². The number of hydrogen-bond donors (Lipinski definition) is 0. The summed E-state index contributed by atoms with van der Waals surface area (Å²) in [5.74, 6) is 1.53. The second-order valence-corrected chi connectivity index (χ2v) is 7.18. The summed E-state index contributed by atoms with van der Waals surface area (Å²) in [7, 11) is 0. The monoisotopic (exact) mass is 377 g/mol. The number of aryl methyl sites for hydroxylation is 3. The van der Waals surface area contributed by atoms with Gasteiger partial charge in [0, 0.05) is 42.8 Å². The van der Waals surface area contributed by atoms with Crippen LogP contribution in [0.2, 0.25) is 0 Å². The summed E-state index contributed by atoms with van der Waals surface area (Å²) in [6.07, 6.45) is 4.73. The van der Waals surface area contributed by atoms with Crippen molar-refractivity contribution in [2.75, 3.05) is 0 Å². The lowest BCUT2D eigenvalue weighted by atomic mass is 9.93. The molecule has 0 N–H and O–H groups in total. The highest BCUT2D eigenvalue weighted by Crippen LogP contribution is 2.38. The van der Waals surface area contributed by atoms with E-state index in [0.29, 0.717) is 36.7 Å². The van der Waals surface area contributed by atoms with Crippen LogP contribution in [0.3, 0.4) is 0 Å². The molecule has 4 rings (SSSR count). The summed E-state index contributed by atoms with van der Waals surface area (Å²) in [5.41, 5.74) is 3.94. The number of fused-ring (bicyclic) bond motifs is 1. The summed E-state index contributed by atoms with van der Waals surface area (Å²) >= 11 is 0. The number of Topliss-reactive ketones (excluding diaryl/α,β-unsaturated/α-hetero) is 1. The predicted octanol–water partition coefficient (Wildman–Crippen LogP) is 3.78. The molecule has 0 aliphatic heterocycles. The topological polar surface area (TPSA) is 78.0 Å². The van der Waals surface area contributed by atoms with Gasteiger partial charge in [-0.2, -0.15) is 4.98 Å². The Bertz CT molecular complexity index is 1080. The fourth-order valence-corrected chi connectivity index (χ4v) is 3.86. The summed E-state index contributed by atoms with van der Waals surface area (Å²) in [6, 6.07) is 9.31. The Morgan fingerprint density at radius 2 is 2.11 bits per heavy atom. The average molecular weight is 377 g/mol. The van der Waals surface area contributed by atoms with Crippen LogP contribution in [-0.4, -0.2) is 20.5 Å². The van der Waals surface area contributed by atoms with Crippen molar-refractivity contribution in [3.05, 3.63) is 69.5 Å². The van der Waals surface area contributed by atoms with Gasteiger partial charge in [-0.1, -0.05) is 24.2 Å². The molecule has 0 saturated carbocycles. The largest absolute Gasteiger partial charge is 0.339 e. The first kappa shape index (κ1) is 18.3. The summed E-state index contributed by atoms with van der Waals surface area (Å²) in [4.78, 5) is 28.9. The van der Waals surface area contributed by atoms with Crippen molar-refractivity contribution < 1.29 is 9.32 Å². The van der Waals surface area contributed by atoms with Crippen LogP contribution in [0.5, 0.6) is 0 Å². The molecule has 1 aliphatic rings. The van der Waals surface area contributed by atoms with Crippen LogP contribution in [0.1, 0.15) is 60.0 Å². The molecular formula is C22H23N3O3. The van der Waals surface area contributed by atoms with Crippen molar-refractivity contribution in [1.29, 1.82) is 0 Å². The highest BCUT2D eigenvalue weighted by molar-refractivity contribution is 5.96. The van der Waals surface area contributed by atoms with Gasteiger partial charge in [-0.15, -0.1) is 0 Å². The van der Waals surface area contributed by atoms with E-state index in [1.165, 1.54) is 17.2 Å². The molecule has 0 bridgehead atoms. The predicted molar refractivity (Wildman–Crippen MR) is 105 cm³/mol. The van der Waals surface area contributed by atoms with E-state index >= 15 is 0 Å². The first-order chi connectivity index (χ1) is 13.6. The van der Waals surface area contributed by atoms with E-state index in [4.69, 9.17) is 4.52 Å². The Balaban J connectivity index is 1.53. The molecule has 6 nitrogen and oxygen atoms in total. The van der Waals surface area contributed by atoms with Crippen molar-refractivity contribution >= 4 is 5.78 Å². The zero-order valence-corrected chi connectivity index (χ0v) is 16.1. The normalized spacial score (nSPS) is 15.6. The van der Waals surface area contributed by atoms with Gasteiger partial charge >= 0.3 is 0 Å². The van der Waals surface area contributed by atoms with Crippen LogP contribution >= 0.6 is 0 Å². The molecule has 1 atom stereocenters. The Labute approximate surface area is 163 Å². The van der Waals surface area contributed by atoms with E-state index in [0.717, 1.165) is 18.4 Å². The summed E-state index contributed by atoms with van der Waals surface area (Å²) in [6.45, 7) is 4.44. The van der Waals surface area contributed by atoms with Crippen LogP contribution in [0.15, 0.2) is 45.8 Å². The van der Waals surface area contributed by atoms with Crippen LogP contribution in [0.25, 0.3) is 11.4 Å². The fraction of sp³-hybridized carbons (Fsp3) is 0.364. The minimum absolute atomic E-state index is 0.0783. The van der Waals surface area contributed by atoms with Crippen molar-refractivity contribution in [3.63, 3.8) is 0 Å². The number of hydrogen-bond acceptors (Lipinski definition) is 5. The smallest absolute Gasteiger partial charge is 0.250 e. The van der Waals surface area contributed by atoms with E-state index in [1.807, 2.05) is 19.9 Å². The number of nitrogens with zero attached hydrogens (tertiary/aromatic N) is 3. The number of carbonyl (C=O) groups is 1. The van der Waals surface area contributed by atoms with E-state index in [2.05, 4.69) is 22.3 Å². The summed E-state index contributed by atoms with van der Waals surface area (Å²) in [5, 5.41) is 4.05. The maximum atomic E-state index is 12.8. The molecule has 0 amide bonds. The second kappa shape index (κ2) is 7.54. The van der Waals surface area contributed by atoms with Crippen LogP contribution in [0.4, 0.5) is 0 Å². The molecule has 0 fully saturated rings. The highest BCUT2D eigenvalue weighted by Gasteiger charge is 2.26. The molecule has 1 aromatic carbocycles. The minimum atomic E-state index is -0.0783. The Hall–Kier alpha value is -3.02. The maximum absolute atomic E-state index is 12.8. The maximum Gasteiger partial charge on any atom is 0.250 e. The molecular weight excluding hydrogens is 354 g/mol. The average Bonchev–Trinajstić information content (AvgIpc) is 3.35. The number of aromatic nitrogens is 3. The van der Waals surface area contributed by atoms with Gasteiger partial charge in [0.15, 0.2) is 5.78 Å². The second-order valence-electron chi connectivity index (χ2n) is 7.18. The van der Waals surface area contributed by atoms with Crippen molar-refractivity contribution in [3.8, 4) is 11.4 Å². The third-order valence-corrected chi connectivity index (χ3v) is 5.45. The van der Waals surface area contributed by atoms with Crippen LogP contribution in [0, 0.1) is 0 Å². The quantitative estimate of drug-likeness (QED) is 0.611. The molecule has 6 heteroatoms. The van der Waals surface area contributed by atoms with Gasteiger partial charge in [0.25, 0.3) is 5.56 Å². The first-order valence-electron chi connectivity index (χ1n) is 9.78. The number of rotatable bonds is 6. The Kier molecular flexibility index (Phi) is 4.94. The van der Waals surface area contributed by atoms with E-state index in [1.54, 1.807) is 16.8 Å². The Morgan fingerprint density at radius 1 is 1.25 bits per heavy atom. The van der Waals surface area contributed by atoms with Gasteiger partial charge in [-0.3, -0.25) is 9.59 Å². The third kappa shape index (κ3) is 3.42. The van der Waals surface area contributed by atoms with Crippen molar-refractivity contribution in [2.45, 2.75) is 52.0 Å². The van der Waals surface area contributed by atoms with Gasteiger partial charge in [-0.25, -0.2) is 0 Å². The minimum Gasteiger partial charge on any atom is -0.339 e. The SMILES string of the molecule is CCc1nc(-c2ccc3c(c2)CC[C@H]3CC(=O)c2ccc(=O)n(CC)c2)no1. The van der Waals surface area contributed by atoms with E-state index in [9.17, 15) is 9.59 Å². The molecule has 0 unspecified atom stereocenters. The molecule has 2 heterocycles. The molecule has 144 valence electrons. The lowest BCUT2D eigenvalue weighted by Gasteiger charge is -2.12. The zero-order valence-electron chi connectivity index (χ0n) is 16.1. The molecule has 1 aliphatic carbocycles. The highest BCUT2D eigenvalue weighted by atomic mass is 16.5. The molecule has 3 aromatic rings. The Morgan fingerprint density at radius 3 is 2.86 bits per heavy atom. The molecule has 0 saturated heterocycles. The number of carbonyl (C=O) groups excluding carboxylic acids is 1. The lowest BCUT2D eigenvalue weighted by Crippen LogP contribution is -2.19. The van der Waals surface area contributed by atoms with Gasteiger partial charge in [0.05, 0.1) is 0 Å². The number of ketones is 1. The fourth-order valence-electron chi connectivity index (χ4n) is 3.86. The van der Waals surface area contributed by atoms with Crippen LogP contribution in [-0.2, 0) is 19.4 Å². The van der Waals surface area contributed by atoms with Gasteiger partial charge < -0.3 is 9.09 Å². The van der Waals surface area contributed by atoms with E-state index < -0.39 is 0 Å². The summed E-state index contributed by atoms with van der Waals surface area (Å²) < 4.78 is 6.77. The van der Waals surface area contributed by atoms with Crippen molar-refractivity contribution in [1.82, 2.24) is 14.7 Å². The van der Waals surface area contributed by atoms with Gasteiger partial charge in [-0.05, 0) is 48.9 Å². The number of benzene rings is 1. The molecule has 2 aromatic heterocycles. The van der Waals surface area contributed by atoms with Gasteiger partial charge in [0.2, 0.25) is 11.7 Å². The lowest BCUT2D eigenvalue weighted by molar-refractivity contribution is 0.0972. The zero-order chi connectivity index (χ0) is 19.7. The molecule has 0 radical (unpaired) electrons.